The Labute approximate surface area is 116 Å². The van der Waals surface area contributed by atoms with Crippen LogP contribution in [0, 0.1) is 13.8 Å². The number of aryl methyl sites for hydroxylation is 2. The second kappa shape index (κ2) is 5.31. The van der Waals surface area contributed by atoms with Gasteiger partial charge in [0.25, 0.3) is 0 Å². The molecule has 18 heavy (non-hydrogen) atoms. The summed E-state index contributed by atoms with van der Waals surface area (Å²) in [4.78, 5) is 2.42. The molecule has 96 valence electrons. The molecule has 0 aliphatic heterocycles. The number of halogens is 1. The molecule has 0 spiro atoms. The van der Waals surface area contributed by atoms with E-state index in [1.54, 1.807) is 18.4 Å². The summed E-state index contributed by atoms with van der Waals surface area (Å²) < 4.78 is 5.35. The predicted molar refractivity (Wildman–Crippen MR) is 77.8 cm³/mol. The third kappa shape index (κ3) is 2.53. The number of nitrogens with two attached hydrogens (primary N) is 1. The zero-order valence-electron chi connectivity index (χ0n) is 10.7. The molecule has 0 bridgehead atoms. The SMILES string of the molecule is COc1ccc(Cl)cc1C(N)c1cc(C)c(C)s1. The fourth-order valence-electron chi connectivity index (χ4n) is 1.86. The van der Waals surface area contributed by atoms with Gasteiger partial charge in [0.05, 0.1) is 13.2 Å². The van der Waals surface area contributed by atoms with Gasteiger partial charge < -0.3 is 10.5 Å². The molecule has 0 aliphatic rings. The average Bonchev–Trinajstić information content (AvgIpc) is 2.68. The van der Waals surface area contributed by atoms with Crippen molar-refractivity contribution in [3.63, 3.8) is 0 Å². The van der Waals surface area contributed by atoms with Gasteiger partial charge in [-0.1, -0.05) is 11.6 Å². The van der Waals surface area contributed by atoms with Crippen LogP contribution >= 0.6 is 22.9 Å². The van der Waals surface area contributed by atoms with Crippen molar-refractivity contribution in [1.29, 1.82) is 0 Å². The molecule has 0 amide bonds. The van der Waals surface area contributed by atoms with Gasteiger partial charge in [0.15, 0.2) is 0 Å². The molecule has 4 heteroatoms. The number of hydrogen-bond donors (Lipinski definition) is 1. The molecule has 1 aromatic heterocycles. The van der Waals surface area contributed by atoms with Crippen LogP contribution in [0.5, 0.6) is 5.75 Å². The smallest absolute Gasteiger partial charge is 0.124 e. The van der Waals surface area contributed by atoms with Crippen molar-refractivity contribution in [3.8, 4) is 5.75 Å². The molecule has 0 fully saturated rings. The van der Waals surface area contributed by atoms with E-state index in [9.17, 15) is 0 Å². The van der Waals surface area contributed by atoms with Gasteiger partial charge in [0.1, 0.15) is 5.75 Å². The lowest BCUT2D eigenvalue weighted by Gasteiger charge is -2.14. The Hall–Kier alpha value is -1.03. The molecule has 0 saturated heterocycles. The number of ether oxygens (including phenoxy) is 1. The molecule has 1 heterocycles. The fourth-order valence-corrected chi connectivity index (χ4v) is 3.10. The summed E-state index contributed by atoms with van der Waals surface area (Å²) in [6, 6.07) is 7.46. The van der Waals surface area contributed by atoms with Gasteiger partial charge in [-0.25, -0.2) is 0 Å². The van der Waals surface area contributed by atoms with Crippen LogP contribution in [0.1, 0.15) is 26.9 Å². The van der Waals surface area contributed by atoms with Crippen molar-refractivity contribution in [1.82, 2.24) is 0 Å². The lowest BCUT2D eigenvalue weighted by molar-refractivity contribution is 0.408. The zero-order valence-corrected chi connectivity index (χ0v) is 12.2. The van der Waals surface area contributed by atoms with Crippen LogP contribution in [0.25, 0.3) is 0 Å². The van der Waals surface area contributed by atoms with Gasteiger partial charge in [-0.3, -0.25) is 0 Å². The first-order chi connectivity index (χ1) is 8.52. The van der Waals surface area contributed by atoms with Gasteiger partial charge in [-0.05, 0) is 43.7 Å². The maximum Gasteiger partial charge on any atom is 0.124 e. The number of rotatable bonds is 3. The van der Waals surface area contributed by atoms with Gasteiger partial charge in [-0.2, -0.15) is 0 Å². The topological polar surface area (TPSA) is 35.2 Å². The minimum Gasteiger partial charge on any atom is -0.496 e. The first-order valence-corrected chi connectivity index (χ1v) is 6.88. The summed E-state index contributed by atoms with van der Waals surface area (Å²) in [5, 5.41) is 0.672. The van der Waals surface area contributed by atoms with Crippen LogP contribution in [0.3, 0.4) is 0 Å². The van der Waals surface area contributed by atoms with E-state index in [-0.39, 0.29) is 6.04 Å². The standard InChI is InChI=1S/C14H16ClNOS/c1-8-6-13(18-9(8)2)14(16)11-7-10(15)4-5-12(11)17-3/h4-7,14H,16H2,1-3H3. The van der Waals surface area contributed by atoms with Crippen LogP contribution in [-0.2, 0) is 0 Å². The van der Waals surface area contributed by atoms with E-state index >= 15 is 0 Å². The Kier molecular flexibility index (Phi) is 3.95. The number of thiophene rings is 1. The van der Waals surface area contributed by atoms with Crippen LogP contribution in [0.4, 0.5) is 0 Å². The second-order valence-electron chi connectivity index (χ2n) is 4.25. The highest BCUT2D eigenvalue weighted by molar-refractivity contribution is 7.12. The highest BCUT2D eigenvalue weighted by Crippen LogP contribution is 2.34. The Morgan fingerprint density at radius 1 is 1.28 bits per heavy atom. The van der Waals surface area contributed by atoms with Crippen molar-refractivity contribution in [3.05, 3.63) is 50.2 Å². The summed E-state index contributed by atoms with van der Waals surface area (Å²) in [6.45, 7) is 4.20. The molecule has 1 aromatic carbocycles. The lowest BCUT2D eigenvalue weighted by Crippen LogP contribution is -2.11. The third-order valence-electron chi connectivity index (χ3n) is 3.02. The first-order valence-electron chi connectivity index (χ1n) is 5.69. The van der Waals surface area contributed by atoms with E-state index in [4.69, 9.17) is 22.1 Å². The lowest BCUT2D eigenvalue weighted by atomic mass is 10.0. The molecule has 1 unspecified atom stereocenters. The van der Waals surface area contributed by atoms with Crippen molar-refractivity contribution in [2.75, 3.05) is 7.11 Å². The summed E-state index contributed by atoms with van der Waals surface area (Å²) >= 11 is 7.75. The van der Waals surface area contributed by atoms with E-state index < -0.39 is 0 Å². The average molecular weight is 282 g/mol. The molecule has 0 radical (unpaired) electrons. The summed E-state index contributed by atoms with van der Waals surface area (Å²) in [5.41, 5.74) is 8.51. The van der Waals surface area contributed by atoms with Crippen molar-refractivity contribution in [2.24, 2.45) is 5.73 Å². The van der Waals surface area contributed by atoms with Crippen LogP contribution in [0.15, 0.2) is 24.3 Å². The molecule has 0 saturated carbocycles. The summed E-state index contributed by atoms with van der Waals surface area (Å²) in [5.74, 6) is 0.774. The van der Waals surface area contributed by atoms with E-state index in [2.05, 4.69) is 19.9 Å². The highest BCUT2D eigenvalue weighted by Gasteiger charge is 2.17. The zero-order chi connectivity index (χ0) is 13.3. The van der Waals surface area contributed by atoms with Gasteiger partial charge in [-0.15, -0.1) is 11.3 Å². The Balaban J connectivity index is 2.44. The van der Waals surface area contributed by atoms with Gasteiger partial charge >= 0.3 is 0 Å². The Morgan fingerprint density at radius 2 is 2.00 bits per heavy atom. The minimum absolute atomic E-state index is 0.198. The third-order valence-corrected chi connectivity index (χ3v) is 4.49. The van der Waals surface area contributed by atoms with E-state index in [0.29, 0.717) is 5.02 Å². The molecule has 2 aromatic rings. The first kappa shape index (κ1) is 13.4. The molecule has 2 N–H and O–H groups in total. The van der Waals surface area contributed by atoms with Crippen LogP contribution in [-0.4, -0.2) is 7.11 Å². The number of benzene rings is 1. The van der Waals surface area contributed by atoms with E-state index in [1.165, 1.54) is 10.4 Å². The second-order valence-corrected chi connectivity index (χ2v) is 5.98. The predicted octanol–water partition coefficient (Wildman–Crippen LogP) is 4.08. The van der Waals surface area contributed by atoms with Gasteiger partial charge in [0, 0.05) is 20.3 Å². The molecule has 1 atom stereocenters. The van der Waals surface area contributed by atoms with Crippen molar-refractivity contribution < 1.29 is 4.74 Å². The van der Waals surface area contributed by atoms with E-state index in [1.807, 2.05) is 18.2 Å². The molecule has 2 rings (SSSR count). The maximum absolute atomic E-state index is 6.32. The molecule has 0 aliphatic carbocycles. The Bertz CT molecular complexity index is 545. The molecule has 2 nitrogen and oxygen atoms in total. The number of methoxy groups -OCH3 is 1. The highest BCUT2D eigenvalue weighted by atomic mass is 35.5. The minimum atomic E-state index is -0.198. The van der Waals surface area contributed by atoms with Gasteiger partial charge in [0.2, 0.25) is 0 Å². The summed E-state index contributed by atoms with van der Waals surface area (Å²) in [7, 11) is 1.64. The quantitative estimate of drug-likeness (QED) is 0.920. The Morgan fingerprint density at radius 3 is 2.56 bits per heavy atom. The number of hydrogen-bond acceptors (Lipinski definition) is 3. The van der Waals surface area contributed by atoms with Crippen molar-refractivity contribution >= 4 is 22.9 Å². The monoisotopic (exact) mass is 281 g/mol. The normalized spacial score (nSPS) is 12.5. The van der Waals surface area contributed by atoms with Crippen molar-refractivity contribution in [2.45, 2.75) is 19.9 Å². The van der Waals surface area contributed by atoms with Crippen LogP contribution in [0.2, 0.25) is 5.02 Å². The summed E-state index contributed by atoms with van der Waals surface area (Å²) in [6.07, 6.45) is 0. The largest absolute Gasteiger partial charge is 0.496 e. The molecular weight excluding hydrogens is 266 g/mol. The van der Waals surface area contributed by atoms with Crippen LogP contribution < -0.4 is 10.5 Å². The fraction of sp³-hybridized carbons (Fsp3) is 0.286. The van der Waals surface area contributed by atoms with E-state index in [0.717, 1.165) is 16.2 Å². The molecular formula is C14H16ClNOS. The maximum atomic E-state index is 6.32.